The third-order valence-electron chi connectivity index (χ3n) is 6.48. The number of ether oxygens (including phenoxy) is 1. The average Bonchev–Trinajstić information content (AvgIpc) is 3.29. The Morgan fingerprint density at radius 3 is 2.32 bits per heavy atom. The van der Waals surface area contributed by atoms with E-state index in [1.165, 1.54) is 18.3 Å². The van der Waals surface area contributed by atoms with Gasteiger partial charge >= 0.3 is 12.1 Å². The van der Waals surface area contributed by atoms with Crippen molar-refractivity contribution in [2.24, 2.45) is 5.92 Å². The lowest BCUT2D eigenvalue weighted by molar-refractivity contribution is -0.143. The summed E-state index contributed by atoms with van der Waals surface area (Å²) >= 11 is 0. The minimum Gasteiger partial charge on any atom is -0.481 e. The number of aromatic nitrogens is 3. The molecule has 0 spiro atoms. The minimum atomic E-state index is -4.55. The summed E-state index contributed by atoms with van der Waals surface area (Å²) in [6, 6.07) is 7.86. The number of nitrogens with one attached hydrogen (secondary N) is 1. The Morgan fingerprint density at radius 2 is 1.68 bits per heavy atom. The molecule has 37 heavy (non-hydrogen) atoms. The normalized spacial score (nSPS) is 18.2. The zero-order chi connectivity index (χ0) is 26.3. The minimum absolute atomic E-state index is 0.0462. The first-order valence-corrected chi connectivity index (χ1v) is 11.5. The summed E-state index contributed by atoms with van der Waals surface area (Å²) in [5, 5.41) is 9.09. The fourth-order valence-corrected chi connectivity index (χ4v) is 4.47. The number of pyridine rings is 1. The Kier molecular flexibility index (Phi) is 6.30. The zero-order valence-corrected chi connectivity index (χ0v) is 19.1. The Hall–Kier alpha value is -4.02. The molecule has 0 atom stereocenters. The standard InChI is InChI=1S/C26H20F5N3O3/c27-19-11-18(24-33-21-7-4-15(26(29,30)31)9-22(21)34-24)20(28)10-17(19)14-3-8-23(32-12-14)37-16-5-1-13(2-6-16)25(35)36/h3-4,7-13,16H,1-2,5-6H2,(H,33,34)(H,35,36)/t13-,16-. The number of aromatic amines is 1. The molecule has 11 heteroatoms. The SMILES string of the molecule is O=C(O)[C@H]1CC[C@H](Oc2ccc(-c3cc(F)c(-c4nc5ccc(C(F)(F)F)cc5[nH]4)cc3F)cn2)CC1. The summed E-state index contributed by atoms with van der Waals surface area (Å²) < 4.78 is 74.7. The average molecular weight is 517 g/mol. The van der Waals surface area contributed by atoms with Crippen LogP contribution in [-0.4, -0.2) is 32.1 Å². The van der Waals surface area contributed by atoms with E-state index in [1.54, 1.807) is 0 Å². The van der Waals surface area contributed by atoms with Crippen molar-refractivity contribution in [1.82, 2.24) is 15.0 Å². The molecule has 1 saturated carbocycles. The molecular weight excluding hydrogens is 497 g/mol. The molecule has 192 valence electrons. The monoisotopic (exact) mass is 517 g/mol. The van der Waals surface area contributed by atoms with Crippen molar-refractivity contribution >= 4 is 17.0 Å². The topological polar surface area (TPSA) is 88.1 Å². The van der Waals surface area contributed by atoms with E-state index in [1.807, 2.05) is 0 Å². The third-order valence-corrected chi connectivity index (χ3v) is 6.48. The number of fused-ring (bicyclic) bond motifs is 1. The van der Waals surface area contributed by atoms with E-state index in [2.05, 4.69) is 15.0 Å². The second-order valence-electron chi connectivity index (χ2n) is 8.94. The summed E-state index contributed by atoms with van der Waals surface area (Å²) in [7, 11) is 0. The van der Waals surface area contributed by atoms with Crippen LogP contribution in [0.5, 0.6) is 5.88 Å². The Balaban J connectivity index is 1.34. The van der Waals surface area contributed by atoms with Crippen LogP contribution < -0.4 is 4.74 Å². The fraction of sp³-hybridized carbons (Fsp3) is 0.269. The van der Waals surface area contributed by atoms with Gasteiger partial charge < -0.3 is 14.8 Å². The van der Waals surface area contributed by atoms with E-state index >= 15 is 0 Å². The van der Waals surface area contributed by atoms with Crippen LogP contribution in [0.1, 0.15) is 31.2 Å². The van der Waals surface area contributed by atoms with Crippen molar-refractivity contribution in [1.29, 1.82) is 0 Å². The molecule has 2 N–H and O–H groups in total. The molecule has 0 unspecified atom stereocenters. The first-order chi connectivity index (χ1) is 17.6. The van der Waals surface area contributed by atoms with Crippen LogP contribution in [0.25, 0.3) is 33.5 Å². The first-order valence-electron chi connectivity index (χ1n) is 11.5. The molecule has 2 heterocycles. The molecule has 5 rings (SSSR count). The number of carboxylic acid groups (broad SMARTS) is 1. The maximum Gasteiger partial charge on any atom is 0.416 e. The smallest absolute Gasteiger partial charge is 0.416 e. The Morgan fingerprint density at radius 1 is 0.973 bits per heavy atom. The van der Waals surface area contributed by atoms with Crippen molar-refractivity contribution < 1.29 is 36.6 Å². The van der Waals surface area contributed by atoms with Gasteiger partial charge in [0, 0.05) is 23.4 Å². The van der Waals surface area contributed by atoms with Crippen LogP contribution in [0.15, 0.2) is 48.7 Å². The van der Waals surface area contributed by atoms with Crippen LogP contribution in [-0.2, 0) is 11.0 Å². The maximum atomic E-state index is 15.0. The van der Waals surface area contributed by atoms with E-state index < -0.39 is 29.3 Å². The van der Waals surface area contributed by atoms with Gasteiger partial charge in [-0.05, 0) is 62.1 Å². The number of aliphatic carboxylic acids is 1. The fourth-order valence-electron chi connectivity index (χ4n) is 4.47. The van der Waals surface area contributed by atoms with Gasteiger partial charge in [-0.1, -0.05) is 0 Å². The highest BCUT2D eigenvalue weighted by molar-refractivity contribution is 5.81. The lowest BCUT2D eigenvalue weighted by atomic mass is 9.87. The molecule has 0 aliphatic heterocycles. The predicted molar refractivity (Wildman–Crippen MR) is 124 cm³/mol. The second-order valence-corrected chi connectivity index (χ2v) is 8.94. The van der Waals surface area contributed by atoms with E-state index in [9.17, 15) is 26.7 Å². The summed E-state index contributed by atoms with van der Waals surface area (Å²) in [6.07, 6.45) is -1.17. The van der Waals surface area contributed by atoms with Gasteiger partial charge in [0.2, 0.25) is 5.88 Å². The Labute approximate surface area is 207 Å². The quantitative estimate of drug-likeness (QED) is 0.291. The van der Waals surface area contributed by atoms with Gasteiger partial charge in [-0.25, -0.2) is 18.7 Å². The molecular formula is C26H20F5N3O3. The number of halogens is 5. The van der Waals surface area contributed by atoms with Crippen molar-refractivity contribution in [3.05, 3.63) is 65.9 Å². The lowest BCUT2D eigenvalue weighted by Crippen LogP contribution is -2.28. The number of rotatable bonds is 5. The first kappa shape index (κ1) is 24.7. The van der Waals surface area contributed by atoms with Gasteiger partial charge in [-0.15, -0.1) is 0 Å². The van der Waals surface area contributed by atoms with Gasteiger partial charge in [0.25, 0.3) is 0 Å². The van der Waals surface area contributed by atoms with Gasteiger partial charge in [-0.3, -0.25) is 4.79 Å². The summed E-state index contributed by atoms with van der Waals surface area (Å²) in [4.78, 5) is 22.0. The van der Waals surface area contributed by atoms with Crippen LogP contribution in [0, 0.1) is 17.6 Å². The largest absolute Gasteiger partial charge is 0.481 e. The number of H-pyrrole nitrogens is 1. The van der Waals surface area contributed by atoms with E-state index in [-0.39, 0.29) is 40.0 Å². The number of alkyl halides is 3. The van der Waals surface area contributed by atoms with E-state index in [0.717, 1.165) is 30.3 Å². The zero-order valence-electron chi connectivity index (χ0n) is 19.1. The highest BCUT2D eigenvalue weighted by Crippen LogP contribution is 2.34. The van der Waals surface area contributed by atoms with Crippen molar-refractivity contribution in [2.45, 2.75) is 38.0 Å². The molecule has 4 aromatic rings. The van der Waals surface area contributed by atoms with E-state index in [0.29, 0.717) is 37.1 Å². The molecule has 1 fully saturated rings. The van der Waals surface area contributed by atoms with Crippen molar-refractivity contribution in [3.8, 4) is 28.4 Å². The van der Waals surface area contributed by atoms with Gasteiger partial charge in [-0.2, -0.15) is 13.2 Å². The van der Waals surface area contributed by atoms with Crippen LogP contribution in [0.3, 0.4) is 0 Å². The molecule has 0 amide bonds. The molecule has 0 bridgehead atoms. The maximum absolute atomic E-state index is 15.0. The number of carbonyl (C=O) groups is 1. The summed E-state index contributed by atoms with van der Waals surface area (Å²) in [6.45, 7) is 0. The van der Waals surface area contributed by atoms with E-state index in [4.69, 9.17) is 9.84 Å². The number of benzene rings is 2. The number of hydrogen-bond donors (Lipinski definition) is 2. The molecule has 1 aliphatic rings. The molecule has 2 aromatic carbocycles. The van der Waals surface area contributed by atoms with Crippen molar-refractivity contribution in [2.75, 3.05) is 0 Å². The summed E-state index contributed by atoms with van der Waals surface area (Å²) in [5.41, 5.74) is -0.643. The molecule has 0 saturated heterocycles. The number of imidazole rings is 1. The number of hydrogen-bond acceptors (Lipinski definition) is 4. The molecule has 6 nitrogen and oxygen atoms in total. The third kappa shape index (κ3) is 5.11. The predicted octanol–water partition coefficient (Wildman–Crippen LogP) is 6.61. The second kappa shape index (κ2) is 9.45. The lowest BCUT2D eigenvalue weighted by Gasteiger charge is -2.26. The highest BCUT2D eigenvalue weighted by atomic mass is 19.4. The van der Waals surface area contributed by atoms with Gasteiger partial charge in [0.15, 0.2) is 0 Å². The van der Waals surface area contributed by atoms with Gasteiger partial charge in [0.05, 0.1) is 28.1 Å². The summed E-state index contributed by atoms with van der Waals surface area (Å²) in [5.74, 6) is -2.57. The highest BCUT2D eigenvalue weighted by Gasteiger charge is 2.31. The van der Waals surface area contributed by atoms with Crippen LogP contribution in [0.2, 0.25) is 0 Å². The Bertz CT molecular complexity index is 1460. The van der Waals surface area contributed by atoms with Crippen LogP contribution in [0.4, 0.5) is 22.0 Å². The molecule has 0 radical (unpaired) electrons. The number of nitrogens with zero attached hydrogens (tertiary/aromatic N) is 2. The van der Waals surface area contributed by atoms with Crippen molar-refractivity contribution in [3.63, 3.8) is 0 Å². The van der Waals surface area contributed by atoms with Gasteiger partial charge in [0.1, 0.15) is 23.6 Å². The molecule has 2 aromatic heterocycles. The number of carboxylic acids is 1. The molecule has 1 aliphatic carbocycles. The van der Waals surface area contributed by atoms with Crippen LogP contribution >= 0.6 is 0 Å².